The number of benzene rings is 2. The van der Waals surface area contributed by atoms with Crippen LogP contribution in [0.5, 0.6) is 5.75 Å². The number of nitrogens with two attached hydrogens (primary N) is 1. The zero-order valence-electron chi connectivity index (χ0n) is 16.2. The van der Waals surface area contributed by atoms with Gasteiger partial charge in [-0.1, -0.05) is 13.8 Å². The molecule has 29 heavy (non-hydrogen) atoms. The lowest BCUT2D eigenvalue weighted by Gasteiger charge is -2.19. The van der Waals surface area contributed by atoms with Gasteiger partial charge in [0.1, 0.15) is 5.75 Å². The lowest BCUT2D eigenvalue weighted by molar-refractivity contribution is 0.102. The Hall–Kier alpha value is -2.47. The molecule has 2 aromatic rings. The van der Waals surface area contributed by atoms with Crippen molar-refractivity contribution < 1.29 is 26.4 Å². The number of hydrogen-bond acceptors (Lipinski definition) is 6. The molecule has 158 valence electrons. The Morgan fingerprint density at radius 1 is 1.00 bits per heavy atom. The second-order valence-electron chi connectivity index (χ2n) is 5.97. The van der Waals surface area contributed by atoms with E-state index in [0.29, 0.717) is 13.1 Å². The van der Waals surface area contributed by atoms with Crippen LogP contribution >= 0.6 is 0 Å². The largest absolute Gasteiger partial charge is 0.495 e. The first kappa shape index (κ1) is 22.8. The number of hydrogen-bond donors (Lipinski definition) is 2. The van der Waals surface area contributed by atoms with Crippen molar-refractivity contribution in [3.63, 3.8) is 0 Å². The normalized spacial score (nSPS) is 12.0. The van der Waals surface area contributed by atoms with Gasteiger partial charge in [0.05, 0.1) is 22.6 Å². The van der Waals surface area contributed by atoms with Crippen molar-refractivity contribution in [1.29, 1.82) is 0 Å². The average Bonchev–Trinajstić information content (AvgIpc) is 2.68. The fourth-order valence-electron chi connectivity index (χ4n) is 2.65. The van der Waals surface area contributed by atoms with Crippen molar-refractivity contribution in [1.82, 2.24) is 4.31 Å². The zero-order valence-corrected chi connectivity index (χ0v) is 17.9. The van der Waals surface area contributed by atoms with E-state index in [4.69, 9.17) is 9.88 Å². The summed E-state index contributed by atoms with van der Waals surface area (Å²) in [5, 5.41) is 7.64. The van der Waals surface area contributed by atoms with Crippen molar-refractivity contribution in [3.05, 3.63) is 48.0 Å². The fraction of sp³-hybridized carbons (Fsp3) is 0.278. The van der Waals surface area contributed by atoms with E-state index in [9.17, 15) is 21.6 Å². The van der Waals surface area contributed by atoms with Crippen molar-refractivity contribution in [2.75, 3.05) is 25.5 Å². The maximum atomic E-state index is 12.7. The maximum Gasteiger partial charge on any atom is 0.255 e. The van der Waals surface area contributed by atoms with Crippen LogP contribution in [0.3, 0.4) is 0 Å². The Morgan fingerprint density at radius 2 is 1.55 bits per heavy atom. The molecule has 0 spiro atoms. The Kier molecular flexibility index (Phi) is 7.01. The molecule has 0 radical (unpaired) electrons. The van der Waals surface area contributed by atoms with Gasteiger partial charge in [-0.05, 0) is 42.5 Å². The average molecular weight is 442 g/mol. The molecule has 0 aliphatic heterocycles. The summed E-state index contributed by atoms with van der Waals surface area (Å²) in [5.41, 5.74) is 0.331. The van der Waals surface area contributed by atoms with Crippen LogP contribution in [0.15, 0.2) is 52.3 Å². The summed E-state index contributed by atoms with van der Waals surface area (Å²) in [6, 6.07) is 9.21. The van der Waals surface area contributed by atoms with Gasteiger partial charge in [-0.3, -0.25) is 4.79 Å². The second kappa shape index (κ2) is 8.91. The summed E-state index contributed by atoms with van der Waals surface area (Å²) >= 11 is 0. The number of sulfonamides is 2. The van der Waals surface area contributed by atoms with Crippen LogP contribution in [0.25, 0.3) is 0 Å². The second-order valence-corrected chi connectivity index (χ2v) is 9.47. The fourth-order valence-corrected chi connectivity index (χ4v) is 4.65. The van der Waals surface area contributed by atoms with Gasteiger partial charge in [0, 0.05) is 18.7 Å². The van der Waals surface area contributed by atoms with Crippen LogP contribution in [-0.4, -0.2) is 47.2 Å². The standard InChI is InChI=1S/C18H23N3O6S2/c1-4-21(5-2)29(25,26)15-10-11-17(27-3)16(12-15)20-18(22)13-6-8-14(9-7-13)28(19,23)24/h6-12H,4-5H2,1-3H3,(H,20,22)(H2,19,23,24). The van der Waals surface area contributed by atoms with Crippen LogP contribution in [0.1, 0.15) is 24.2 Å². The highest BCUT2D eigenvalue weighted by molar-refractivity contribution is 7.89. The quantitative estimate of drug-likeness (QED) is 0.639. The van der Waals surface area contributed by atoms with Crippen molar-refractivity contribution >= 4 is 31.6 Å². The van der Waals surface area contributed by atoms with Crippen LogP contribution in [0, 0.1) is 0 Å². The number of primary sulfonamides is 1. The van der Waals surface area contributed by atoms with Gasteiger partial charge in [0.2, 0.25) is 20.0 Å². The molecule has 1 amide bonds. The summed E-state index contributed by atoms with van der Waals surface area (Å²) in [4.78, 5) is 12.4. The number of nitrogens with one attached hydrogen (secondary N) is 1. The smallest absolute Gasteiger partial charge is 0.255 e. The Labute approximate surface area is 170 Å². The number of methoxy groups -OCH3 is 1. The van der Waals surface area contributed by atoms with E-state index >= 15 is 0 Å². The minimum Gasteiger partial charge on any atom is -0.495 e. The number of anilines is 1. The highest BCUT2D eigenvalue weighted by Gasteiger charge is 2.23. The Balaban J connectivity index is 2.37. The van der Waals surface area contributed by atoms with Crippen LogP contribution in [0.4, 0.5) is 5.69 Å². The van der Waals surface area contributed by atoms with E-state index in [2.05, 4.69) is 5.32 Å². The molecule has 2 aromatic carbocycles. The third-order valence-corrected chi connectivity index (χ3v) is 7.18. The molecule has 2 rings (SSSR count). The van der Waals surface area contributed by atoms with Crippen molar-refractivity contribution in [2.24, 2.45) is 5.14 Å². The van der Waals surface area contributed by atoms with E-state index in [0.717, 1.165) is 0 Å². The Morgan fingerprint density at radius 3 is 2.03 bits per heavy atom. The SMILES string of the molecule is CCN(CC)S(=O)(=O)c1ccc(OC)c(NC(=O)c2ccc(S(N)(=O)=O)cc2)c1. The monoisotopic (exact) mass is 441 g/mol. The molecule has 0 bridgehead atoms. The molecule has 0 fully saturated rings. The highest BCUT2D eigenvalue weighted by atomic mass is 32.2. The maximum absolute atomic E-state index is 12.7. The first-order chi connectivity index (χ1) is 13.5. The first-order valence-electron chi connectivity index (χ1n) is 8.67. The van der Waals surface area contributed by atoms with Gasteiger partial charge in [0.15, 0.2) is 0 Å². The zero-order chi connectivity index (χ0) is 21.8. The minimum atomic E-state index is -3.87. The lowest BCUT2D eigenvalue weighted by atomic mass is 10.2. The number of amides is 1. The molecule has 0 unspecified atom stereocenters. The summed E-state index contributed by atoms with van der Waals surface area (Å²) in [5.74, 6) is -0.292. The summed E-state index contributed by atoms with van der Waals surface area (Å²) < 4.78 is 54.6. The molecule has 0 heterocycles. The molecule has 3 N–H and O–H groups in total. The predicted molar refractivity (Wildman–Crippen MR) is 109 cm³/mol. The number of rotatable bonds is 8. The van der Waals surface area contributed by atoms with Gasteiger partial charge >= 0.3 is 0 Å². The minimum absolute atomic E-state index is 0.0156. The Bertz CT molecular complexity index is 1090. The van der Waals surface area contributed by atoms with Crippen LogP contribution in [0.2, 0.25) is 0 Å². The summed E-state index contributed by atoms with van der Waals surface area (Å²) in [7, 11) is -6.21. The molecule has 11 heteroatoms. The van der Waals surface area contributed by atoms with Gasteiger partial charge in [-0.25, -0.2) is 22.0 Å². The van der Waals surface area contributed by atoms with E-state index < -0.39 is 26.0 Å². The number of ether oxygens (including phenoxy) is 1. The molecule has 0 atom stereocenters. The van der Waals surface area contributed by atoms with E-state index in [1.807, 2.05) is 0 Å². The van der Waals surface area contributed by atoms with Crippen molar-refractivity contribution in [3.8, 4) is 5.75 Å². The summed E-state index contributed by atoms with van der Waals surface area (Å²) in [6.45, 7) is 4.09. The molecule has 9 nitrogen and oxygen atoms in total. The van der Waals surface area contributed by atoms with Gasteiger partial charge < -0.3 is 10.1 Å². The molecular formula is C18H23N3O6S2. The lowest BCUT2D eigenvalue weighted by Crippen LogP contribution is -2.30. The van der Waals surface area contributed by atoms with Crippen molar-refractivity contribution in [2.45, 2.75) is 23.6 Å². The molecule has 0 aliphatic carbocycles. The number of nitrogens with zero attached hydrogens (tertiary/aromatic N) is 1. The number of carbonyl (C=O) groups is 1. The molecule has 0 saturated heterocycles. The number of carbonyl (C=O) groups excluding carboxylic acids is 1. The molecular weight excluding hydrogens is 418 g/mol. The third kappa shape index (κ3) is 5.12. The van der Waals surface area contributed by atoms with E-state index in [1.54, 1.807) is 13.8 Å². The molecule has 0 aliphatic rings. The van der Waals surface area contributed by atoms with Gasteiger partial charge in [-0.2, -0.15) is 4.31 Å². The third-order valence-electron chi connectivity index (χ3n) is 4.21. The molecule has 0 aromatic heterocycles. The van der Waals surface area contributed by atoms with E-state index in [-0.39, 0.29) is 26.8 Å². The van der Waals surface area contributed by atoms with Crippen LogP contribution < -0.4 is 15.2 Å². The summed E-state index contributed by atoms with van der Waals surface area (Å²) in [6.07, 6.45) is 0. The van der Waals surface area contributed by atoms with E-state index in [1.165, 1.54) is 53.9 Å². The van der Waals surface area contributed by atoms with Gasteiger partial charge in [-0.15, -0.1) is 0 Å². The molecule has 0 saturated carbocycles. The van der Waals surface area contributed by atoms with Crippen LogP contribution in [-0.2, 0) is 20.0 Å². The highest BCUT2D eigenvalue weighted by Crippen LogP contribution is 2.29. The topological polar surface area (TPSA) is 136 Å². The predicted octanol–water partition coefficient (Wildman–Crippen LogP) is 1.63. The first-order valence-corrected chi connectivity index (χ1v) is 11.7. The van der Waals surface area contributed by atoms with Gasteiger partial charge in [0.25, 0.3) is 5.91 Å².